The average Bonchev–Trinajstić information content (AvgIpc) is 2.12. The molecule has 0 bridgehead atoms. The van der Waals surface area contributed by atoms with Crippen LogP contribution in [0.25, 0.3) is 0 Å². The second-order valence-electron chi connectivity index (χ2n) is 3.44. The Bertz CT molecular complexity index is 330. The van der Waals surface area contributed by atoms with Gasteiger partial charge in [-0.25, -0.2) is 0 Å². The van der Waals surface area contributed by atoms with E-state index in [9.17, 15) is 4.79 Å². The summed E-state index contributed by atoms with van der Waals surface area (Å²) in [5, 5.41) is 6.50. The van der Waals surface area contributed by atoms with Crippen LogP contribution in [0.5, 0.6) is 0 Å². The first-order chi connectivity index (χ1) is 6.75. The first-order valence-corrected chi connectivity index (χ1v) is 4.63. The van der Waals surface area contributed by atoms with Gasteiger partial charge in [-0.15, -0.1) is 0 Å². The Morgan fingerprint density at radius 3 is 2.43 bits per heavy atom. The van der Waals surface area contributed by atoms with Crippen LogP contribution in [0.4, 0.5) is 5.69 Å². The van der Waals surface area contributed by atoms with Gasteiger partial charge < -0.3 is 16.4 Å². The number of benzene rings is 1. The molecule has 74 valence electrons. The van der Waals surface area contributed by atoms with E-state index in [0.717, 1.165) is 18.8 Å². The zero-order chi connectivity index (χ0) is 9.97. The van der Waals surface area contributed by atoms with Gasteiger partial charge in [0.2, 0.25) is 5.91 Å². The normalized spacial score (nSPS) is 16.0. The van der Waals surface area contributed by atoms with Gasteiger partial charge in [0.15, 0.2) is 0 Å². The van der Waals surface area contributed by atoms with Gasteiger partial charge in [-0.05, 0) is 24.3 Å². The molecule has 0 aromatic heterocycles. The highest BCUT2D eigenvalue weighted by Crippen LogP contribution is 2.11. The number of rotatable bonds is 3. The summed E-state index contributed by atoms with van der Waals surface area (Å²) in [6, 6.07) is 7.72. The van der Waals surface area contributed by atoms with E-state index in [0.29, 0.717) is 11.6 Å². The van der Waals surface area contributed by atoms with Crippen molar-refractivity contribution in [3.05, 3.63) is 29.8 Å². The highest BCUT2D eigenvalue weighted by atomic mass is 16.1. The number of nitrogens with two attached hydrogens (primary N) is 1. The lowest BCUT2D eigenvalue weighted by Crippen LogP contribution is -2.51. The second kappa shape index (κ2) is 3.67. The predicted octanol–water partition coefficient (Wildman–Crippen LogP) is 0.169. The molecule has 0 saturated carbocycles. The van der Waals surface area contributed by atoms with Crippen molar-refractivity contribution < 1.29 is 4.79 Å². The first kappa shape index (κ1) is 9.02. The van der Waals surface area contributed by atoms with Gasteiger partial charge in [-0.3, -0.25) is 4.79 Å². The lowest BCUT2D eigenvalue weighted by Gasteiger charge is -2.28. The van der Waals surface area contributed by atoms with Crippen LogP contribution in [0, 0.1) is 0 Å². The maximum Gasteiger partial charge on any atom is 0.248 e. The Kier molecular flexibility index (Phi) is 2.37. The van der Waals surface area contributed by atoms with Gasteiger partial charge >= 0.3 is 0 Å². The monoisotopic (exact) mass is 191 g/mol. The smallest absolute Gasteiger partial charge is 0.248 e. The Morgan fingerprint density at radius 1 is 1.36 bits per heavy atom. The average molecular weight is 191 g/mol. The summed E-state index contributed by atoms with van der Waals surface area (Å²) in [5.41, 5.74) is 6.71. The summed E-state index contributed by atoms with van der Waals surface area (Å²) in [6.07, 6.45) is 0. The predicted molar refractivity (Wildman–Crippen MR) is 55.2 cm³/mol. The van der Waals surface area contributed by atoms with Gasteiger partial charge in [0.25, 0.3) is 0 Å². The number of carbonyl (C=O) groups excluding carboxylic acids is 1. The van der Waals surface area contributed by atoms with E-state index in [1.165, 1.54) is 0 Å². The van der Waals surface area contributed by atoms with Crippen molar-refractivity contribution in [1.29, 1.82) is 0 Å². The van der Waals surface area contributed by atoms with Crippen LogP contribution in [-0.4, -0.2) is 25.0 Å². The molecule has 1 aliphatic rings. The van der Waals surface area contributed by atoms with Crippen molar-refractivity contribution in [2.45, 2.75) is 6.04 Å². The third kappa shape index (κ3) is 1.85. The Labute approximate surface area is 82.5 Å². The fraction of sp³-hybridized carbons (Fsp3) is 0.300. The molecule has 14 heavy (non-hydrogen) atoms. The topological polar surface area (TPSA) is 67.2 Å². The molecule has 2 rings (SSSR count). The minimum Gasteiger partial charge on any atom is -0.380 e. The standard InChI is InChI=1S/C10H13N3O/c11-10(14)7-1-3-8(4-2-7)13-9-5-12-6-9/h1-4,9,12-13H,5-6H2,(H2,11,14). The van der Waals surface area contributed by atoms with Crippen LogP contribution in [0.15, 0.2) is 24.3 Å². The molecule has 0 atom stereocenters. The summed E-state index contributed by atoms with van der Waals surface area (Å²) in [5.74, 6) is -0.387. The van der Waals surface area contributed by atoms with E-state index in [4.69, 9.17) is 5.73 Å². The molecule has 1 saturated heterocycles. The molecule has 0 spiro atoms. The van der Waals surface area contributed by atoms with Crippen LogP contribution in [0.2, 0.25) is 0 Å². The van der Waals surface area contributed by atoms with E-state index >= 15 is 0 Å². The molecular weight excluding hydrogens is 178 g/mol. The molecule has 1 aromatic rings. The largest absolute Gasteiger partial charge is 0.380 e. The molecule has 4 N–H and O–H groups in total. The maximum atomic E-state index is 10.8. The minimum atomic E-state index is -0.387. The SMILES string of the molecule is NC(=O)c1ccc(NC2CNC2)cc1. The van der Waals surface area contributed by atoms with Crippen LogP contribution < -0.4 is 16.4 Å². The fourth-order valence-corrected chi connectivity index (χ4v) is 1.36. The summed E-state index contributed by atoms with van der Waals surface area (Å²) >= 11 is 0. The molecule has 0 unspecified atom stereocenters. The quantitative estimate of drug-likeness (QED) is 0.638. The third-order valence-corrected chi connectivity index (χ3v) is 2.32. The van der Waals surface area contributed by atoms with Gasteiger partial charge in [-0.1, -0.05) is 0 Å². The van der Waals surface area contributed by atoms with Gasteiger partial charge in [0, 0.05) is 24.3 Å². The molecule has 1 aromatic carbocycles. The number of carbonyl (C=O) groups is 1. The molecule has 1 heterocycles. The highest BCUT2D eigenvalue weighted by Gasteiger charge is 2.15. The van der Waals surface area contributed by atoms with Crippen molar-refractivity contribution in [2.24, 2.45) is 5.73 Å². The van der Waals surface area contributed by atoms with E-state index in [1.807, 2.05) is 12.1 Å². The summed E-state index contributed by atoms with van der Waals surface area (Å²) < 4.78 is 0. The van der Waals surface area contributed by atoms with Crippen LogP contribution in [0.1, 0.15) is 10.4 Å². The summed E-state index contributed by atoms with van der Waals surface area (Å²) in [6.45, 7) is 2.00. The maximum absolute atomic E-state index is 10.8. The number of hydrogen-bond acceptors (Lipinski definition) is 3. The summed E-state index contributed by atoms with van der Waals surface area (Å²) in [7, 11) is 0. The number of amides is 1. The molecular formula is C10H13N3O. The lowest BCUT2D eigenvalue weighted by molar-refractivity contribution is 0.100. The van der Waals surface area contributed by atoms with Crippen molar-refractivity contribution in [1.82, 2.24) is 5.32 Å². The Hall–Kier alpha value is -1.55. The molecule has 4 heteroatoms. The number of primary amides is 1. The number of anilines is 1. The van der Waals surface area contributed by atoms with Gasteiger partial charge in [0.05, 0.1) is 6.04 Å². The van der Waals surface area contributed by atoms with Crippen LogP contribution in [-0.2, 0) is 0 Å². The first-order valence-electron chi connectivity index (χ1n) is 4.63. The van der Waals surface area contributed by atoms with Crippen molar-refractivity contribution >= 4 is 11.6 Å². The second-order valence-corrected chi connectivity index (χ2v) is 3.44. The molecule has 1 fully saturated rings. The highest BCUT2D eigenvalue weighted by molar-refractivity contribution is 5.93. The zero-order valence-electron chi connectivity index (χ0n) is 7.79. The molecule has 1 aliphatic heterocycles. The minimum absolute atomic E-state index is 0.387. The zero-order valence-corrected chi connectivity index (χ0v) is 7.79. The van der Waals surface area contributed by atoms with Gasteiger partial charge in [0.1, 0.15) is 0 Å². The third-order valence-electron chi connectivity index (χ3n) is 2.32. The van der Waals surface area contributed by atoms with Crippen LogP contribution in [0.3, 0.4) is 0 Å². The Balaban J connectivity index is 2.01. The van der Waals surface area contributed by atoms with E-state index in [1.54, 1.807) is 12.1 Å². The van der Waals surface area contributed by atoms with E-state index in [2.05, 4.69) is 10.6 Å². The van der Waals surface area contributed by atoms with E-state index < -0.39 is 0 Å². The Morgan fingerprint density at radius 2 is 2.00 bits per heavy atom. The lowest BCUT2D eigenvalue weighted by atomic mass is 10.1. The molecule has 0 aliphatic carbocycles. The van der Waals surface area contributed by atoms with Crippen LogP contribution >= 0.6 is 0 Å². The van der Waals surface area contributed by atoms with E-state index in [-0.39, 0.29) is 5.91 Å². The molecule has 4 nitrogen and oxygen atoms in total. The van der Waals surface area contributed by atoms with Crippen molar-refractivity contribution in [2.75, 3.05) is 18.4 Å². The van der Waals surface area contributed by atoms with Crippen molar-refractivity contribution in [3.63, 3.8) is 0 Å². The number of hydrogen-bond donors (Lipinski definition) is 3. The molecule has 0 radical (unpaired) electrons. The van der Waals surface area contributed by atoms with Crippen molar-refractivity contribution in [3.8, 4) is 0 Å². The number of nitrogens with one attached hydrogen (secondary N) is 2. The molecule has 1 amide bonds. The summed E-state index contributed by atoms with van der Waals surface area (Å²) in [4.78, 5) is 10.8. The van der Waals surface area contributed by atoms with Gasteiger partial charge in [-0.2, -0.15) is 0 Å². The fourth-order valence-electron chi connectivity index (χ4n) is 1.36.